The van der Waals surface area contributed by atoms with Crippen LogP contribution in [-0.4, -0.2) is 70.4 Å². The van der Waals surface area contributed by atoms with E-state index in [1.807, 2.05) is 62.3 Å². The van der Waals surface area contributed by atoms with Crippen molar-refractivity contribution >= 4 is 56.1 Å². The second kappa shape index (κ2) is 14.0. The predicted molar refractivity (Wildman–Crippen MR) is 170 cm³/mol. The SMILES string of the molecule is CN(C)c1cccnc1CC(=O)Nc1nnc([C@H]2CCCC[C@H](c3nnc(NC(=O)Cc4ncccc4N(C)C)s3)C2)s1. The van der Waals surface area contributed by atoms with Gasteiger partial charge in [-0.15, -0.1) is 20.4 Å². The van der Waals surface area contributed by atoms with Crippen LogP contribution in [0.15, 0.2) is 36.7 Å². The van der Waals surface area contributed by atoms with E-state index >= 15 is 0 Å². The molecule has 1 aliphatic carbocycles. The van der Waals surface area contributed by atoms with Crippen molar-refractivity contribution in [3.8, 4) is 0 Å². The number of nitrogens with one attached hydrogen (secondary N) is 2. The Kier molecular flexibility index (Phi) is 9.87. The highest BCUT2D eigenvalue weighted by atomic mass is 32.1. The molecule has 0 saturated heterocycles. The summed E-state index contributed by atoms with van der Waals surface area (Å²) in [6.07, 6.45) is 8.72. The third-order valence-electron chi connectivity index (χ3n) is 7.35. The highest BCUT2D eigenvalue weighted by molar-refractivity contribution is 7.15. The molecule has 0 aromatic carbocycles. The van der Waals surface area contributed by atoms with Crippen LogP contribution in [0.4, 0.5) is 21.6 Å². The van der Waals surface area contributed by atoms with Crippen LogP contribution in [0.25, 0.3) is 0 Å². The summed E-state index contributed by atoms with van der Waals surface area (Å²) in [5, 5.41) is 26.1. The molecule has 0 unspecified atom stereocenters. The number of carbonyl (C=O) groups is 2. The lowest BCUT2D eigenvalue weighted by Crippen LogP contribution is -2.18. The molecule has 0 bridgehead atoms. The topological polar surface area (TPSA) is 142 Å². The Morgan fingerprint density at radius 3 is 1.60 bits per heavy atom. The molecule has 1 fully saturated rings. The monoisotopic (exact) mass is 620 g/mol. The second-order valence-corrected chi connectivity index (χ2v) is 13.0. The molecule has 14 heteroatoms. The standard InChI is InChI=1S/C29H36N10O2S2/c1-38(2)22-11-7-13-30-20(22)16-24(40)32-28-36-34-26(42-28)18-9-5-6-10-19(15-18)27-35-37-29(43-27)33-25(41)17-21-23(39(3)4)12-8-14-31-21/h7-8,11-14,18-19H,5-6,9-10,15-17H2,1-4H3,(H,32,36,40)(H,33,37,41)/t18-,19-/m0/s1. The van der Waals surface area contributed by atoms with Crippen molar-refractivity contribution < 1.29 is 9.59 Å². The first-order chi connectivity index (χ1) is 20.8. The van der Waals surface area contributed by atoms with Gasteiger partial charge in [-0.25, -0.2) is 0 Å². The molecule has 0 spiro atoms. The summed E-state index contributed by atoms with van der Waals surface area (Å²) in [6.45, 7) is 0. The largest absolute Gasteiger partial charge is 0.376 e. The summed E-state index contributed by atoms with van der Waals surface area (Å²) in [6, 6.07) is 7.60. The fraction of sp³-hybridized carbons (Fsp3) is 0.448. The zero-order valence-electron chi connectivity index (χ0n) is 24.8. The van der Waals surface area contributed by atoms with Crippen LogP contribution in [0, 0.1) is 0 Å². The maximum atomic E-state index is 12.8. The molecule has 43 heavy (non-hydrogen) atoms. The van der Waals surface area contributed by atoms with Crippen molar-refractivity contribution in [3.05, 3.63) is 58.1 Å². The minimum Gasteiger partial charge on any atom is -0.376 e. The summed E-state index contributed by atoms with van der Waals surface area (Å²) in [4.78, 5) is 38.2. The van der Waals surface area contributed by atoms with Crippen LogP contribution in [0.1, 0.15) is 65.3 Å². The van der Waals surface area contributed by atoms with Gasteiger partial charge in [-0.3, -0.25) is 19.6 Å². The van der Waals surface area contributed by atoms with E-state index in [0.29, 0.717) is 21.7 Å². The number of hydrogen-bond acceptors (Lipinski definition) is 12. The van der Waals surface area contributed by atoms with Gasteiger partial charge in [-0.05, 0) is 43.5 Å². The summed E-state index contributed by atoms with van der Waals surface area (Å²) in [7, 11) is 7.72. The van der Waals surface area contributed by atoms with E-state index in [9.17, 15) is 9.59 Å². The molecule has 2 amide bonds. The molecule has 226 valence electrons. The van der Waals surface area contributed by atoms with Crippen LogP contribution in [0.5, 0.6) is 0 Å². The Morgan fingerprint density at radius 1 is 0.744 bits per heavy atom. The van der Waals surface area contributed by atoms with E-state index in [2.05, 4.69) is 41.0 Å². The molecule has 2 N–H and O–H groups in total. The summed E-state index contributed by atoms with van der Waals surface area (Å²) in [5.41, 5.74) is 3.24. The quantitative estimate of drug-likeness (QED) is 0.243. The fourth-order valence-electron chi connectivity index (χ4n) is 5.29. The third-order valence-corrected chi connectivity index (χ3v) is 9.35. The lowest BCUT2D eigenvalue weighted by molar-refractivity contribution is -0.116. The molecule has 2 atom stereocenters. The van der Waals surface area contributed by atoms with E-state index in [4.69, 9.17) is 0 Å². The number of aromatic nitrogens is 6. The molecule has 1 aliphatic rings. The maximum Gasteiger partial charge on any atom is 0.232 e. The van der Waals surface area contributed by atoms with Crippen molar-refractivity contribution in [2.45, 2.75) is 56.8 Å². The van der Waals surface area contributed by atoms with Crippen molar-refractivity contribution in [2.75, 3.05) is 48.6 Å². The van der Waals surface area contributed by atoms with Crippen LogP contribution in [0.2, 0.25) is 0 Å². The number of nitrogens with zero attached hydrogens (tertiary/aromatic N) is 8. The van der Waals surface area contributed by atoms with Crippen molar-refractivity contribution in [1.82, 2.24) is 30.4 Å². The third kappa shape index (κ3) is 7.87. The minimum atomic E-state index is -0.173. The zero-order chi connectivity index (χ0) is 30.3. The average molecular weight is 621 g/mol. The van der Waals surface area contributed by atoms with E-state index in [1.54, 1.807) is 12.4 Å². The summed E-state index contributed by atoms with van der Waals surface area (Å²) in [5.74, 6) is 0.0741. The number of hydrogen-bond donors (Lipinski definition) is 2. The van der Waals surface area contributed by atoms with Gasteiger partial charge in [0, 0.05) is 52.4 Å². The molecule has 1 saturated carbocycles. The van der Waals surface area contributed by atoms with Crippen LogP contribution >= 0.6 is 22.7 Å². The predicted octanol–water partition coefficient (Wildman–Crippen LogP) is 4.51. The lowest BCUT2D eigenvalue weighted by atomic mass is 9.94. The molecule has 12 nitrogen and oxygen atoms in total. The van der Waals surface area contributed by atoms with Gasteiger partial charge in [-0.1, -0.05) is 35.5 Å². The number of anilines is 4. The molecule has 5 rings (SSSR count). The van der Waals surface area contributed by atoms with Gasteiger partial charge in [-0.2, -0.15) is 0 Å². The molecule has 4 aromatic rings. The fourth-order valence-corrected chi connectivity index (χ4v) is 7.10. The molecule has 4 heterocycles. The Bertz CT molecular complexity index is 1440. The molecule has 0 radical (unpaired) electrons. The Morgan fingerprint density at radius 2 is 1.19 bits per heavy atom. The first kappa shape index (κ1) is 30.4. The van der Waals surface area contributed by atoms with Crippen molar-refractivity contribution in [2.24, 2.45) is 0 Å². The van der Waals surface area contributed by atoms with Crippen molar-refractivity contribution in [3.63, 3.8) is 0 Å². The van der Waals surface area contributed by atoms with Crippen molar-refractivity contribution in [1.29, 1.82) is 0 Å². The summed E-state index contributed by atoms with van der Waals surface area (Å²) < 4.78 is 0. The Labute approximate surface area is 259 Å². The highest BCUT2D eigenvalue weighted by Gasteiger charge is 2.28. The Hall–Kier alpha value is -4.04. The zero-order valence-corrected chi connectivity index (χ0v) is 26.4. The van der Waals surface area contributed by atoms with E-state index in [0.717, 1.165) is 53.5 Å². The smallest absolute Gasteiger partial charge is 0.232 e. The van der Waals surface area contributed by atoms with Gasteiger partial charge < -0.3 is 20.4 Å². The van der Waals surface area contributed by atoms with E-state index in [1.165, 1.54) is 22.7 Å². The number of rotatable bonds is 10. The molecule has 0 aliphatic heterocycles. The maximum absolute atomic E-state index is 12.8. The molecular formula is C29H36N10O2S2. The molecule has 4 aromatic heterocycles. The van der Waals surface area contributed by atoms with Gasteiger partial charge in [0.15, 0.2) is 0 Å². The van der Waals surface area contributed by atoms with Gasteiger partial charge >= 0.3 is 0 Å². The lowest BCUT2D eigenvalue weighted by Gasteiger charge is -2.16. The van der Waals surface area contributed by atoms with Crippen LogP contribution < -0.4 is 20.4 Å². The van der Waals surface area contributed by atoms with Crippen LogP contribution in [0.3, 0.4) is 0 Å². The first-order valence-corrected chi connectivity index (χ1v) is 15.9. The van der Waals surface area contributed by atoms with Gasteiger partial charge in [0.05, 0.1) is 35.6 Å². The van der Waals surface area contributed by atoms with Gasteiger partial charge in [0.1, 0.15) is 10.0 Å². The number of carbonyl (C=O) groups excluding carboxylic acids is 2. The highest BCUT2D eigenvalue weighted by Crippen LogP contribution is 2.42. The first-order valence-electron chi connectivity index (χ1n) is 14.3. The number of amides is 2. The van der Waals surface area contributed by atoms with Crippen LogP contribution in [-0.2, 0) is 22.4 Å². The van der Waals surface area contributed by atoms with E-state index < -0.39 is 0 Å². The molecular weight excluding hydrogens is 585 g/mol. The van der Waals surface area contributed by atoms with E-state index in [-0.39, 0.29) is 36.5 Å². The minimum absolute atomic E-state index is 0.156. The van der Waals surface area contributed by atoms with Gasteiger partial charge in [0.2, 0.25) is 22.1 Å². The van der Waals surface area contributed by atoms with Gasteiger partial charge in [0.25, 0.3) is 0 Å². The Balaban J connectivity index is 1.19. The number of pyridine rings is 2. The second-order valence-electron chi connectivity index (χ2n) is 11.0. The summed E-state index contributed by atoms with van der Waals surface area (Å²) >= 11 is 2.86. The normalized spacial score (nSPS) is 16.7. The average Bonchev–Trinajstić information content (AvgIpc) is 3.56.